The summed E-state index contributed by atoms with van der Waals surface area (Å²) in [5, 5.41) is 0. The molecule has 0 aromatic heterocycles. The molecule has 0 aliphatic heterocycles. The molecule has 0 bridgehead atoms. The van der Waals surface area contributed by atoms with Crippen LogP contribution < -0.4 is 0 Å². The van der Waals surface area contributed by atoms with Gasteiger partial charge in [-0.1, -0.05) is 90.9 Å². The lowest BCUT2D eigenvalue weighted by atomic mass is 10.1. The van der Waals surface area contributed by atoms with Crippen LogP contribution in [0.2, 0.25) is 0 Å². The van der Waals surface area contributed by atoms with Gasteiger partial charge in [0.15, 0.2) is 0 Å². The standard InChI is InChI=1S/C32H46O10S3/c1-3-5-7-9-11-13-15-17-31(33)41-44(37,38)29-23-19-27(20-24-29)43(35,36)28-21-25-30(26-22-28)45(39,40)42-32(34)18-16-14-12-10-8-6-4-2/h19-26H,3-18H2,1-2H3. The lowest BCUT2D eigenvalue weighted by molar-refractivity contribution is -0.135. The normalized spacial score (nSPS) is 12.1. The minimum absolute atomic E-state index is 0.0381. The second kappa shape index (κ2) is 19.0. The highest BCUT2D eigenvalue weighted by Crippen LogP contribution is 2.25. The summed E-state index contributed by atoms with van der Waals surface area (Å²) in [5.41, 5.74) is 0. The van der Waals surface area contributed by atoms with Crippen LogP contribution >= 0.6 is 0 Å². The van der Waals surface area contributed by atoms with Crippen LogP contribution in [0.15, 0.2) is 68.1 Å². The SMILES string of the molecule is CCCCCCCCCC(=O)OS(=O)(=O)c1ccc(S(=O)(=O)c2ccc(S(=O)(=O)OC(=O)CCCCCCCCC)cc2)cc1. The lowest BCUT2D eigenvalue weighted by Crippen LogP contribution is -2.14. The molecule has 252 valence electrons. The molecule has 0 radical (unpaired) electrons. The number of rotatable bonds is 22. The molecule has 10 nitrogen and oxygen atoms in total. The summed E-state index contributed by atoms with van der Waals surface area (Å²) in [7, 11) is -13.0. The third-order valence-corrected chi connectivity index (χ3v) is 11.5. The van der Waals surface area contributed by atoms with Crippen LogP contribution in [-0.2, 0) is 48.0 Å². The summed E-state index contributed by atoms with van der Waals surface area (Å²) < 4.78 is 85.7. The molecule has 0 aliphatic carbocycles. The fraction of sp³-hybridized carbons (Fsp3) is 0.562. The molecule has 0 atom stereocenters. The van der Waals surface area contributed by atoms with Gasteiger partial charge in [0.25, 0.3) is 0 Å². The van der Waals surface area contributed by atoms with Crippen molar-refractivity contribution in [2.45, 2.75) is 136 Å². The lowest BCUT2D eigenvalue weighted by Gasteiger charge is -2.09. The average molecular weight is 687 g/mol. The Morgan fingerprint density at radius 1 is 0.444 bits per heavy atom. The van der Waals surface area contributed by atoms with Gasteiger partial charge >= 0.3 is 32.2 Å². The maximum absolute atomic E-state index is 13.1. The maximum Gasteiger partial charge on any atom is 0.341 e. The second-order valence-corrected chi connectivity index (χ2v) is 16.1. The third kappa shape index (κ3) is 13.2. The second-order valence-electron chi connectivity index (χ2n) is 11.0. The zero-order chi connectivity index (χ0) is 33.3. The molecule has 0 spiro atoms. The van der Waals surface area contributed by atoms with E-state index in [1.807, 2.05) is 0 Å². The predicted molar refractivity (Wildman–Crippen MR) is 170 cm³/mol. The molecule has 0 saturated heterocycles. The van der Waals surface area contributed by atoms with Gasteiger partial charge in [0.2, 0.25) is 9.84 Å². The number of hydrogen-bond acceptors (Lipinski definition) is 10. The first kappa shape index (κ1) is 38.4. The monoisotopic (exact) mass is 686 g/mol. The van der Waals surface area contributed by atoms with E-state index in [4.69, 9.17) is 0 Å². The Balaban J connectivity index is 1.94. The first-order chi connectivity index (χ1) is 21.3. The van der Waals surface area contributed by atoms with Gasteiger partial charge in [-0.15, -0.1) is 0 Å². The largest absolute Gasteiger partial charge is 0.342 e. The van der Waals surface area contributed by atoms with Crippen LogP contribution in [0.3, 0.4) is 0 Å². The Hall–Kier alpha value is -2.77. The number of sulfone groups is 1. The molecular formula is C32H46O10S3. The molecule has 0 N–H and O–H groups in total. The minimum Gasteiger partial charge on any atom is -0.342 e. The summed E-state index contributed by atoms with van der Waals surface area (Å²) >= 11 is 0. The Kier molecular flexibility index (Phi) is 16.2. The highest BCUT2D eigenvalue weighted by molar-refractivity contribution is 7.91. The number of carbonyl (C=O) groups excluding carboxylic acids is 2. The molecule has 2 rings (SSSR count). The Morgan fingerprint density at radius 2 is 0.711 bits per heavy atom. The molecule has 0 aliphatic rings. The van der Waals surface area contributed by atoms with Crippen molar-refractivity contribution in [1.29, 1.82) is 0 Å². The van der Waals surface area contributed by atoms with Crippen LogP contribution in [0.5, 0.6) is 0 Å². The average Bonchev–Trinajstić information content (AvgIpc) is 3.00. The minimum atomic E-state index is -4.44. The first-order valence-corrected chi connectivity index (χ1v) is 20.0. The molecular weight excluding hydrogens is 641 g/mol. The molecule has 2 aromatic carbocycles. The smallest absolute Gasteiger partial charge is 0.341 e. The number of hydrogen-bond donors (Lipinski definition) is 0. The van der Waals surface area contributed by atoms with Gasteiger partial charge < -0.3 is 8.37 Å². The quantitative estimate of drug-likeness (QED) is 0.0912. The maximum atomic E-state index is 13.1. The van der Waals surface area contributed by atoms with Gasteiger partial charge in [-0.3, -0.25) is 9.59 Å². The molecule has 0 unspecified atom stereocenters. The predicted octanol–water partition coefficient (Wildman–Crippen LogP) is 7.26. The third-order valence-electron chi connectivity index (χ3n) is 7.22. The van der Waals surface area contributed by atoms with E-state index in [-0.39, 0.29) is 32.4 Å². The van der Waals surface area contributed by atoms with Gasteiger partial charge in [-0.25, -0.2) is 8.42 Å². The summed E-state index contributed by atoms with van der Waals surface area (Å²) in [6, 6.07) is 8.31. The highest BCUT2D eigenvalue weighted by atomic mass is 32.2. The van der Waals surface area contributed by atoms with Crippen LogP contribution in [0.1, 0.15) is 117 Å². The van der Waals surface area contributed by atoms with Crippen LogP contribution in [0.25, 0.3) is 0 Å². The molecule has 45 heavy (non-hydrogen) atoms. The summed E-state index contributed by atoms with van der Waals surface area (Å²) in [6.07, 6.45) is 13.4. The van der Waals surface area contributed by atoms with Crippen LogP contribution in [0, 0.1) is 0 Å². The fourth-order valence-corrected chi connectivity index (χ4v) is 7.63. The van der Waals surface area contributed by atoms with Crippen molar-refractivity contribution in [3.05, 3.63) is 48.5 Å². The van der Waals surface area contributed by atoms with Gasteiger partial charge in [-0.05, 0) is 61.4 Å². The van der Waals surface area contributed by atoms with E-state index < -0.39 is 42.0 Å². The highest BCUT2D eigenvalue weighted by Gasteiger charge is 2.25. The molecule has 0 amide bonds. The van der Waals surface area contributed by atoms with Gasteiger partial charge in [0.1, 0.15) is 9.79 Å². The molecule has 0 fully saturated rings. The summed E-state index contributed by atoms with van der Waals surface area (Å²) in [6.45, 7) is 4.25. The van der Waals surface area contributed by atoms with Crippen LogP contribution in [0.4, 0.5) is 0 Å². The van der Waals surface area contributed by atoms with E-state index in [1.54, 1.807) is 0 Å². The Morgan fingerprint density at radius 3 is 1.02 bits per heavy atom. The first-order valence-electron chi connectivity index (χ1n) is 15.7. The van der Waals surface area contributed by atoms with Crippen molar-refractivity contribution >= 4 is 42.0 Å². The van der Waals surface area contributed by atoms with Gasteiger partial charge in [0, 0.05) is 12.8 Å². The van der Waals surface area contributed by atoms with E-state index in [1.165, 1.54) is 0 Å². The van der Waals surface area contributed by atoms with E-state index in [2.05, 4.69) is 22.2 Å². The zero-order valence-corrected chi connectivity index (χ0v) is 28.7. The topological polar surface area (TPSA) is 155 Å². The van der Waals surface area contributed by atoms with Gasteiger partial charge in [-0.2, -0.15) is 16.8 Å². The number of benzene rings is 2. The van der Waals surface area contributed by atoms with Crippen molar-refractivity contribution in [3.8, 4) is 0 Å². The van der Waals surface area contributed by atoms with Crippen molar-refractivity contribution in [1.82, 2.24) is 0 Å². The van der Waals surface area contributed by atoms with E-state index >= 15 is 0 Å². The van der Waals surface area contributed by atoms with Crippen molar-refractivity contribution < 1.29 is 43.2 Å². The summed E-state index contributed by atoms with van der Waals surface area (Å²) in [4.78, 5) is 22.9. The van der Waals surface area contributed by atoms with Crippen molar-refractivity contribution in [3.63, 3.8) is 0 Å². The van der Waals surface area contributed by atoms with Crippen LogP contribution in [-0.4, -0.2) is 37.2 Å². The number of unbranched alkanes of at least 4 members (excludes halogenated alkanes) is 12. The summed E-state index contributed by atoms with van der Waals surface area (Å²) in [5.74, 6) is -1.75. The van der Waals surface area contributed by atoms with Crippen molar-refractivity contribution in [2.24, 2.45) is 0 Å². The number of carbonyl (C=O) groups is 2. The molecule has 2 aromatic rings. The van der Waals surface area contributed by atoms with E-state index in [9.17, 15) is 34.8 Å². The fourth-order valence-electron chi connectivity index (χ4n) is 4.58. The molecule has 13 heteroatoms. The van der Waals surface area contributed by atoms with Gasteiger partial charge in [0.05, 0.1) is 9.79 Å². The molecule has 0 saturated carbocycles. The van der Waals surface area contributed by atoms with E-state index in [0.29, 0.717) is 12.8 Å². The van der Waals surface area contributed by atoms with E-state index in [0.717, 1.165) is 126 Å². The Labute approximate surface area is 269 Å². The van der Waals surface area contributed by atoms with Crippen molar-refractivity contribution in [2.75, 3.05) is 0 Å². The Bertz CT molecular complexity index is 1420. The molecule has 0 heterocycles. The zero-order valence-electron chi connectivity index (χ0n) is 26.2.